The van der Waals surface area contributed by atoms with Crippen LogP contribution in [0.5, 0.6) is 0 Å². The maximum Gasteiger partial charge on any atom is 0.184 e. The molecule has 3 nitrogen and oxygen atoms in total. The molecular weight excluding hydrogens is 136 g/mol. The maximum absolute atomic E-state index is 8.67. The van der Waals surface area contributed by atoms with Crippen LogP contribution in [0.25, 0.3) is 0 Å². The van der Waals surface area contributed by atoms with Crippen molar-refractivity contribution in [2.24, 2.45) is 0 Å². The van der Waals surface area contributed by atoms with Crippen molar-refractivity contribution in [3.8, 4) is 0 Å². The zero-order valence-electron chi connectivity index (χ0n) is 4.74. The molecule has 1 heterocycles. The minimum atomic E-state index is -0.767. The summed E-state index contributed by atoms with van der Waals surface area (Å²) in [4.78, 5) is 3.86. The van der Waals surface area contributed by atoms with Crippen LogP contribution < -0.4 is 5.32 Å². The fourth-order valence-corrected chi connectivity index (χ4v) is 1.01. The lowest BCUT2D eigenvalue weighted by molar-refractivity contribution is 0.250. The van der Waals surface area contributed by atoms with Crippen molar-refractivity contribution in [3.63, 3.8) is 0 Å². The third-order valence-corrected chi connectivity index (χ3v) is 1.43. The second kappa shape index (κ2) is 2.80. The minimum absolute atomic E-state index is 0.692. The topological polar surface area (TPSA) is 45.1 Å². The highest BCUT2D eigenvalue weighted by molar-refractivity contribution is 7.13. The Morgan fingerprint density at radius 3 is 3.11 bits per heavy atom. The summed E-state index contributed by atoms with van der Waals surface area (Å²) in [6, 6.07) is 0. The number of thiazole rings is 1. The lowest BCUT2D eigenvalue weighted by Gasteiger charge is -2.02. The number of anilines is 1. The van der Waals surface area contributed by atoms with Gasteiger partial charge in [0, 0.05) is 11.6 Å². The maximum atomic E-state index is 8.67. The average Bonchev–Trinajstić information content (AvgIpc) is 2.15. The SMILES string of the molecule is [CH2]C(O)Nc1nccs1. The highest BCUT2D eigenvalue weighted by atomic mass is 32.1. The van der Waals surface area contributed by atoms with E-state index in [9.17, 15) is 0 Å². The summed E-state index contributed by atoms with van der Waals surface area (Å²) in [5.41, 5.74) is 0. The Kier molecular flexibility index (Phi) is 2.02. The number of aliphatic hydroxyl groups excluding tert-OH is 1. The minimum Gasteiger partial charge on any atom is -0.374 e. The Labute approximate surface area is 57.4 Å². The number of hydrogen-bond acceptors (Lipinski definition) is 4. The summed E-state index contributed by atoms with van der Waals surface area (Å²) in [5, 5.41) is 13.8. The predicted molar refractivity (Wildman–Crippen MR) is 37.1 cm³/mol. The van der Waals surface area contributed by atoms with Gasteiger partial charge in [-0.3, -0.25) is 0 Å². The van der Waals surface area contributed by atoms with E-state index in [2.05, 4.69) is 17.2 Å². The van der Waals surface area contributed by atoms with Gasteiger partial charge >= 0.3 is 0 Å². The van der Waals surface area contributed by atoms with Crippen molar-refractivity contribution in [2.75, 3.05) is 5.32 Å². The van der Waals surface area contributed by atoms with E-state index in [0.717, 1.165) is 0 Å². The third kappa shape index (κ3) is 1.99. The van der Waals surface area contributed by atoms with Gasteiger partial charge in [0.05, 0.1) is 0 Å². The molecule has 2 N–H and O–H groups in total. The fourth-order valence-electron chi connectivity index (χ4n) is 0.437. The number of rotatable bonds is 2. The second-order valence-corrected chi connectivity index (χ2v) is 2.39. The number of aromatic nitrogens is 1. The standard InChI is InChI=1S/C5H7N2OS/c1-4(8)7-5-6-2-3-9-5/h2-4,8H,1H2,(H,6,7). The first kappa shape index (κ1) is 6.51. The molecule has 0 saturated carbocycles. The van der Waals surface area contributed by atoms with E-state index >= 15 is 0 Å². The molecule has 0 amide bonds. The molecule has 0 bridgehead atoms. The Morgan fingerprint density at radius 1 is 1.89 bits per heavy atom. The van der Waals surface area contributed by atoms with Gasteiger partial charge in [-0.05, 0) is 6.92 Å². The first-order chi connectivity index (χ1) is 4.29. The van der Waals surface area contributed by atoms with Crippen LogP contribution in [0.2, 0.25) is 0 Å². The largest absolute Gasteiger partial charge is 0.374 e. The summed E-state index contributed by atoms with van der Waals surface area (Å²) in [6.07, 6.45) is 0.895. The molecule has 0 fully saturated rings. The molecule has 1 unspecified atom stereocenters. The lowest BCUT2D eigenvalue weighted by atomic mass is 10.7. The smallest absolute Gasteiger partial charge is 0.184 e. The van der Waals surface area contributed by atoms with Gasteiger partial charge in [-0.25, -0.2) is 4.98 Å². The van der Waals surface area contributed by atoms with Gasteiger partial charge in [0.1, 0.15) is 6.23 Å². The first-order valence-corrected chi connectivity index (χ1v) is 3.34. The molecule has 0 spiro atoms. The first-order valence-electron chi connectivity index (χ1n) is 2.46. The molecule has 1 aromatic rings. The highest BCUT2D eigenvalue weighted by Crippen LogP contribution is 2.10. The number of hydrogen-bond donors (Lipinski definition) is 2. The summed E-state index contributed by atoms with van der Waals surface area (Å²) in [7, 11) is 0. The Hall–Kier alpha value is -0.610. The van der Waals surface area contributed by atoms with Crippen LogP contribution in [0, 0.1) is 6.92 Å². The highest BCUT2D eigenvalue weighted by Gasteiger charge is 1.95. The van der Waals surface area contributed by atoms with Crippen molar-refractivity contribution >= 4 is 16.5 Å². The van der Waals surface area contributed by atoms with E-state index < -0.39 is 6.23 Å². The van der Waals surface area contributed by atoms with Crippen LogP contribution in [-0.2, 0) is 0 Å². The van der Waals surface area contributed by atoms with E-state index in [1.807, 2.05) is 5.38 Å². The molecule has 1 rings (SSSR count). The van der Waals surface area contributed by atoms with Crippen LogP contribution in [0.4, 0.5) is 5.13 Å². The van der Waals surface area contributed by atoms with Gasteiger partial charge in [0.2, 0.25) is 0 Å². The van der Waals surface area contributed by atoms with E-state index in [-0.39, 0.29) is 0 Å². The summed E-state index contributed by atoms with van der Waals surface area (Å²) < 4.78 is 0. The quantitative estimate of drug-likeness (QED) is 0.599. The summed E-state index contributed by atoms with van der Waals surface area (Å²) in [6.45, 7) is 3.32. The monoisotopic (exact) mass is 143 g/mol. The number of nitrogens with zero attached hydrogens (tertiary/aromatic N) is 1. The molecule has 1 radical (unpaired) electrons. The van der Waals surface area contributed by atoms with Gasteiger partial charge in [-0.2, -0.15) is 0 Å². The predicted octanol–water partition coefficient (Wildman–Crippen LogP) is 0.707. The third-order valence-electron chi connectivity index (χ3n) is 0.722. The van der Waals surface area contributed by atoms with Crippen molar-refractivity contribution in [3.05, 3.63) is 18.5 Å². The van der Waals surface area contributed by atoms with Crippen molar-refractivity contribution in [1.82, 2.24) is 4.98 Å². The Bertz CT molecular complexity index is 161. The molecule has 49 valence electrons. The van der Waals surface area contributed by atoms with Gasteiger partial charge in [0.25, 0.3) is 0 Å². The van der Waals surface area contributed by atoms with Crippen molar-refractivity contribution < 1.29 is 5.11 Å². The van der Waals surface area contributed by atoms with Crippen LogP contribution in [-0.4, -0.2) is 16.3 Å². The lowest BCUT2D eigenvalue weighted by Crippen LogP contribution is -2.13. The number of aliphatic hydroxyl groups is 1. The van der Waals surface area contributed by atoms with Crippen molar-refractivity contribution in [2.45, 2.75) is 6.23 Å². The van der Waals surface area contributed by atoms with Crippen molar-refractivity contribution in [1.29, 1.82) is 0 Å². The average molecular weight is 143 g/mol. The van der Waals surface area contributed by atoms with Crippen LogP contribution in [0.1, 0.15) is 0 Å². The van der Waals surface area contributed by atoms with E-state index in [0.29, 0.717) is 5.13 Å². The van der Waals surface area contributed by atoms with E-state index in [4.69, 9.17) is 5.11 Å². The normalized spacial score (nSPS) is 13.1. The zero-order valence-corrected chi connectivity index (χ0v) is 5.56. The summed E-state index contributed by atoms with van der Waals surface area (Å²) in [5.74, 6) is 0. The van der Waals surface area contributed by atoms with Gasteiger partial charge in [-0.1, -0.05) is 0 Å². The van der Waals surface area contributed by atoms with Gasteiger partial charge in [-0.15, -0.1) is 11.3 Å². The van der Waals surface area contributed by atoms with Gasteiger partial charge in [0.15, 0.2) is 5.13 Å². The molecule has 1 atom stereocenters. The molecule has 0 aromatic carbocycles. The molecule has 0 aliphatic carbocycles. The molecule has 0 aliphatic heterocycles. The fraction of sp³-hybridized carbons (Fsp3) is 0.200. The molecule has 9 heavy (non-hydrogen) atoms. The van der Waals surface area contributed by atoms with Gasteiger partial charge < -0.3 is 10.4 Å². The van der Waals surface area contributed by atoms with Crippen LogP contribution in [0.3, 0.4) is 0 Å². The summed E-state index contributed by atoms with van der Waals surface area (Å²) >= 11 is 1.43. The Balaban J connectivity index is 2.48. The molecule has 0 aliphatic rings. The van der Waals surface area contributed by atoms with Crippen LogP contribution >= 0.6 is 11.3 Å². The second-order valence-electron chi connectivity index (χ2n) is 1.50. The van der Waals surface area contributed by atoms with Crippen LogP contribution in [0.15, 0.2) is 11.6 Å². The molecule has 1 aromatic heterocycles. The van der Waals surface area contributed by atoms with E-state index in [1.54, 1.807) is 6.20 Å². The van der Waals surface area contributed by atoms with E-state index in [1.165, 1.54) is 11.3 Å². The molecule has 0 saturated heterocycles. The number of nitrogens with one attached hydrogen (secondary N) is 1. The molecular formula is C5H7N2OS. The molecule has 4 heteroatoms. The Morgan fingerprint density at radius 2 is 2.67 bits per heavy atom. The zero-order chi connectivity index (χ0) is 6.69.